The van der Waals surface area contributed by atoms with Crippen LogP contribution in [0.3, 0.4) is 0 Å². The lowest BCUT2D eigenvalue weighted by Crippen LogP contribution is -2.14. The van der Waals surface area contributed by atoms with Crippen LogP contribution in [0.1, 0.15) is 17.2 Å². The van der Waals surface area contributed by atoms with Crippen molar-refractivity contribution in [3.05, 3.63) is 76.5 Å². The molecule has 0 spiro atoms. The second-order valence-electron chi connectivity index (χ2n) is 5.67. The standard InChI is InChI=1S/C18H17FO4S/c1-12-2-8-16(9-3-12)24(21,22)17-10-15(11-20)23-18(17)13-4-6-14(19)7-5-13/h2-10,15,18,20H,11H2,1H3/t15-,18-/m0/s1. The third-order valence-corrected chi connectivity index (χ3v) is 5.78. The van der Waals surface area contributed by atoms with E-state index in [1.165, 1.54) is 30.3 Å². The van der Waals surface area contributed by atoms with Gasteiger partial charge >= 0.3 is 0 Å². The smallest absolute Gasteiger partial charge is 0.205 e. The van der Waals surface area contributed by atoms with Crippen molar-refractivity contribution in [1.29, 1.82) is 0 Å². The van der Waals surface area contributed by atoms with Crippen LogP contribution in [0.2, 0.25) is 0 Å². The molecule has 126 valence electrons. The minimum atomic E-state index is -3.77. The molecule has 0 aliphatic carbocycles. The van der Waals surface area contributed by atoms with Gasteiger partial charge in [-0.1, -0.05) is 29.8 Å². The average Bonchev–Trinajstić information content (AvgIpc) is 3.01. The van der Waals surface area contributed by atoms with E-state index in [1.807, 2.05) is 6.92 Å². The molecule has 0 radical (unpaired) electrons. The Kier molecular flexibility index (Phi) is 4.54. The molecule has 0 bridgehead atoms. The average molecular weight is 348 g/mol. The monoisotopic (exact) mass is 348 g/mol. The zero-order chi connectivity index (χ0) is 17.3. The summed E-state index contributed by atoms with van der Waals surface area (Å²) in [6.07, 6.45) is -0.159. The number of hydrogen-bond acceptors (Lipinski definition) is 4. The van der Waals surface area contributed by atoms with Gasteiger partial charge in [-0.05, 0) is 42.8 Å². The van der Waals surface area contributed by atoms with Crippen molar-refractivity contribution in [2.75, 3.05) is 6.61 Å². The van der Waals surface area contributed by atoms with Gasteiger partial charge in [0.1, 0.15) is 18.0 Å². The lowest BCUT2D eigenvalue weighted by molar-refractivity contribution is 0.0239. The Labute approximate surface area is 140 Å². The molecule has 1 aliphatic heterocycles. The predicted octanol–water partition coefficient (Wildman–Crippen LogP) is 2.92. The quantitative estimate of drug-likeness (QED) is 0.923. The number of sulfone groups is 1. The highest BCUT2D eigenvalue weighted by Gasteiger charge is 2.36. The van der Waals surface area contributed by atoms with Crippen molar-refractivity contribution in [2.45, 2.75) is 24.0 Å². The molecular weight excluding hydrogens is 331 g/mol. The molecule has 3 rings (SSSR count). The highest BCUT2D eigenvalue weighted by molar-refractivity contribution is 7.95. The van der Waals surface area contributed by atoms with Gasteiger partial charge in [0.15, 0.2) is 0 Å². The largest absolute Gasteiger partial charge is 0.393 e. The van der Waals surface area contributed by atoms with Crippen molar-refractivity contribution in [2.24, 2.45) is 0 Å². The second-order valence-corrected chi connectivity index (χ2v) is 7.62. The number of ether oxygens (including phenoxy) is 1. The Morgan fingerprint density at radius 3 is 2.29 bits per heavy atom. The number of aryl methyl sites for hydroxylation is 1. The Hall–Kier alpha value is -2.02. The molecule has 0 amide bonds. The zero-order valence-electron chi connectivity index (χ0n) is 13.0. The van der Waals surface area contributed by atoms with Gasteiger partial charge in [0.05, 0.1) is 16.4 Å². The minimum absolute atomic E-state index is 0.0667. The molecule has 1 N–H and O–H groups in total. The fourth-order valence-corrected chi connectivity index (χ4v) is 4.18. The number of aliphatic hydroxyl groups is 1. The first kappa shape index (κ1) is 16.8. The normalized spacial score (nSPS) is 20.9. The molecule has 1 heterocycles. The number of benzene rings is 2. The van der Waals surface area contributed by atoms with Crippen LogP contribution in [-0.4, -0.2) is 26.2 Å². The molecule has 6 heteroatoms. The highest BCUT2D eigenvalue weighted by atomic mass is 32.2. The van der Waals surface area contributed by atoms with E-state index >= 15 is 0 Å². The van der Waals surface area contributed by atoms with E-state index in [1.54, 1.807) is 24.3 Å². The van der Waals surface area contributed by atoms with Crippen LogP contribution in [0.5, 0.6) is 0 Å². The molecule has 0 saturated carbocycles. The summed E-state index contributed by atoms with van der Waals surface area (Å²) < 4.78 is 44.7. The van der Waals surface area contributed by atoms with Gasteiger partial charge in [0.25, 0.3) is 0 Å². The maximum absolute atomic E-state index is 13.1. The summed E-state index contributed by atoms with van der Waals surface area (Å²) in [7, 11) is -3.77. The van der Waals surface area contributed by atoms with Crippen LogP contribution in [0.4, 0.5) is 4.39 Å². The molecule has 2 aromatic rings. The summed E-state index contributed by atoms with van der Waals surface area (Å²) >= 11 is 0. The summed E-state index contributed by atoms with van der Waals surface area (Å²) in [6, 6.07) is 12.0. The number of halogens is 1. The fourth-order valence-electron chi connectivity index (χ4n) is 2.61. The van der Waals surface area contributed by atoms with Gasteiger partial charge in [-0.3, -0.25) is 0 Å². The van der Waals surface area contributed by atoms with Gasteiger partial charge in [-0.15, -0.1) is 0 Å². The van der Waals surface area contributed by atoms with Gasteiger partial charge in [-0.2, -0.15) is 0 Å². The van der Waals surface area contributed by atoms with Crippen LogP contribution in [-0.2, 0) is 14.6 Å². The molecule has 0 aromatic heterocycles. The summed E-state index contributed by atoms with van der Waals surface area (Å²) in [5.74, 6) is -0.414. The Bertz CT molecular complexity index is 855. The van der Waals surface area contributed by atoms with E-state index < -0.39 is 27.9 Å². The topological polar surface area (TPSA) is 63.6 Å². The van der Waals surface area contributed by atoms with Gasteiger partial charge < -0.3 is 9.84 Å². The highest BCUT2D eigenvalue weighted by Crippen LogP contribution is 2.39. The maximum Gasteiger partial charge on any atom is 0.205 e. The molecule has 2 atom stereocenters. The van der Waals surface area contributed by atoms with Crippen LogP contribution in [0, 0.1) is 12.7 Å². The maximum atomic E-state index is 13.1. The zero-order valence-corrected chi connectivity index (χ0v) is 13.8. The lowest BCUT2D eigenvalue weighted by atomic mass is 10.1. The molecule has 2 aromatic carbocycles. The molecule has 24 heavy (non-hydrogen) atoms. The van der Waals surface area contributed by atoms with Gasteiger partial charge in [0.2, 0.25) is 9.84 Å². The molecular formula is C18H17FO4S. The number of aliphatic hydroxyl groups excluding tert-OH is 1. The first-order chi connectivity index (χ1) is 11.4. The van der Waals surface area contributed by atoms with Crippen LogP contribution >= 0.6 is 0 Å². The lowest BCUT2D eigenvalue weighted by Gasteiger charge is -2.17. The van der Waals surface area contributed by atoms with Crippen molar-refractivity contribution in [3.8, 4) is 0 Å². The molecule has 0 fully saturated rings. The van der Waals surface area contributed by atoms with E-state index in [9.17, 15) is 17.9 Å². The Morgan fingerprint density at radius 1 is 1.08 bits per heavy atom. The summed E-state index contributed by atoms with van der Waals surface area (Å²) in [5, 5.41) is 9.34. The third-order valence-electron chi connectivity index (χ3n) is 3.91. The minimum Gasteiger partial charge on any atom is -0.393 e. The van der Waals surface area contributed by atoms with E-state index in [-0.39, 0.29) is 16.4 Å². The van der Waals surface area contributed by atoms with Crippen LogP contribution in [0.15, 0.2) is 64.4 Å². The number of rotatable bonds is 4. The third kappa shape index (κ3) is 3.13. The van der Waals surface area contributed by atoms with E-state index in [4.69, 9.17) is 4.74 Å². The number of hydrogen-bond donors (Lipinski definition) is 1. The first-order valence-electron chi connectivity index (χ1n) is 7.47. The van der Waals surface area contributed by atoms with Crippen molar-refractivity contribution in [1.82, 2.24) is 0 Å². The SMILES string of the molecule is Cc1ccc(S(=O)(=O)C2=C[C@@H](CO)O[C@H]2c2ccc(F)cc2)cc1. The summed E-state index contributed by atoms with van der Waals surface area (Å²) in [4.78, 5) is 0.227. The second kappa shape index (κ2) is 6.47. The summed E-state index contributed by atoms with van der Waals surface area (Å²) in [6.45, 7) is 1.54. The molecule has 4 nitrogen and oxygen atoms in total. The van der Waals surface area contributed by atoms with E-state index in [0.717, 1.165) is 5.56 Å². The molecule has 0 saturated heterocycles. The van der Waals surface area contributed by atoms with Crippen molar-refractivity contribution < 1.29 is 22.7 Å². The van der Waals surface area contributed by atoms with Crippen LogP contribution in [0.25, 0.3) is 0 Å². The van der Waals surface area contributed by atoms with Crippen molar-refractivity contribution in [3.63, 3.8) is 0 Å². The Balaban J connectivity index is 2.04. The molecule has 0 unspecified atom stereocenters. The van der Waals surface area contributed by atoms with Crippen molar-refractivity contribution >= 4 is 9.84 Å². The summed E-state index contributed by atoms with van der Waals surface area (Å²) in [5.41, 5.74) is 1.48. The van der Waals surface area contributed by atoms with E-state index in [0.29, 0.717) is 5.56 Å². The van der Waals surface area contributed by atoms with Crippen LogP contribution < -0.4 is 0 Å². The molecule has 1 aliphatic rings. The van der Waals surface area contributed by atoms with Gasteiger partial charge in [0, 0.05) is 0 Å². The first-order valence-corrected chi connectivity index (χ1v) is 8.95. The van der Waals surface area contributed by atoms with E-state index in [2.05, 4.69) is 0 Å². The van der Waals surface area contributed by atoms with Gasteiger partial charge in [-0.25, -0.2) is 12.8 Å². The predicted molar refractivity (Wildman–Crippen MR) is 87.5 cm³/mol. The fraction of sp³-hybridized carbons (Fsp3) is 0.222. The Morgan fingerprint density at radius 2 is 1.71 bits per heavy atom.